The minimum Gasteiger partial charge on any atom is -0.461 e. The molecule has 3 aromatic rings. The van der Waals surface area contributed by atoms with Crippen molar-refractivity contribution in [3.8, 4) is 11.5 Å². The molecule has 0 bridgehead atoms. The van der Waals surface area contributed by atoms with E-state index in [0.29, 0.717) is 29.2 Å². The van der Waals surface area contributed by atoms with Gasteiger partial charge in [-0.3, -0.25) is 4.79 Å². The number of anilines is 2. The zero-order chi connectivity index (χ0) is 18.7. The first kappa shape index (κ1) is 17.4. The highest BCUT2D eigenvalue weighted by Crippen LogP contribution is 2.20. The molecule has 0 unspecified atom stereocenters. The van der Waals surface area contributed by atoms with Crippen LogP contribution in [0.4, 0.5) is 11.9 Å². The molecule has 0 saturated carbocycles. The van der Waals surface area contributed by atoms with Crippen molar-refractivity contribution in [2.75, 3.05) is 38.0 Å². The van der Waals surface area contributed by atoms with Gasteiger partial charge in [-0.1, -0.05) is 5.16 Å². The third-order valence-corrected chi connectivity index (χ3v) is 3.37. The molecule has 26 heavy (non-hydrogen) atoms. The Hall–Kier alpha value is -3.43. The minimum absolute atomic E-state index is 0.131. The van der Waals surface area contributed by atoms with Crippen molar-refractivity contribution in [2.24, 2.45) is 0 Å². The van der Waals surface area contributed by atoms with Crippen LogP contribution in [-0.2, 0) is 6.54 Å². The Morgan fingerprint density at radius 2 is 1.77 bits per heavy atom. The van der Waals surface area contributed by atoms with E-state index < -0.39 is 5.91 Å². The van der Waals surface area contributed by atoms with Gasteiger partial charge in [-0.25, -0.2) is 0 Å². The first-order valence-electron chi connectivity index (χ1n) is 7.82. The first-order chi connectivity index (χ1) is 12.4. The highest BCUT2D eigenvalue weighted by molar-refractivity contribution is 5.92. The van der Waals surface area contributed by atoms with E-state index in [0.717, 1.165) is 0 Å². The Balaban J connectivity index is 1.71. The van der Waals surface area contributed by atoms with Crippen molar-refractivity contribution in [3.63, 3.8) is 0 Å². The quantitative estimate of drug-likeness (QED) is 0.694. The summed E-state index contributed by atoms with van der Waals surface area (Å²) in [6, 6.07) is 4.96. The number of rotatable bonds is 6. The molecule has 0 spiro atoms. The van der Waals surface area contributed by atoms with E-state index in [2.05, 4.69) is 25.4 Å². The summed E-state index contributed by atoms with van der Waals surface area (Å²) in [6.45, 7) is 0.131. The SMILES string of the molecule is CN(C)c1nc(CNC(=O)c2cc(-c3ccco3)on2)nc(N(C)C)n1. The van der Waals surface area contributed by atoms with Crippen LogP contribution in [0.1, 0.15) is 16.3 Å². The van der Waals surface area contributed by atoms with Crippen molar-refractivity contribution in [1.29, 1.82) is 0 Å². The standard InChI is InChI=1S/C16H19N7O3/c1-22(2)15-18-13(19-16(20-15)23(3)4)9-17-14(24)10-8-12(26-21-10)11-6-5-7-25-11/h5-8H,9H2,1-4H3,(H,17,24). The summed E-state index contributed by atoms with van der Waals surface area (Å²) in [5, 5.41) is 6.48. The van der Waals surface area contributed by atoms with Crippen molar-refractivity contribution >= 4 is 17.8 Å². The lowest BCUT2D eigenvalue weighted by Crippen LogP contribution is -2.26. The van der Waals surface area contributed by atoms with Gasteiger partial charge in [-0.15, -0.1) is 0 Å². The second-order valence-electron chi connectivity index (χ2n) is 5.88. The van der Waals surface area contributed by atoms with Crippen LogP contribution in [0, 0.1) is 0 Å². The van der Waals surface area contributed by atoms with Crippen molar-refractivity contribution in [1.82, 2.24) is 25.4 Å². The topological polar surface area (TPSA) is 113 Å². The predicted octanol–water partition coefficient (Wildman–Crippen LogP) is 1.18. The fourth-order valence-corrected chi connectivity index (χ4v) is 2.04. The van der Waals surface area contributed by atoms with Gasteiger partial charge >= 0.3 is 0 Å². The second kappa shape index (κ2) is 7.21. The molecule has 1 N–H and O–H groups in total. The van der Waals surface area contributed by atoms with E-state index in [1.54, 1.807) is 21.9 Å². The van der Waals surface area contributed by atoms with Gasteiger partial charge in [0.2, 0.25) is 17.7 Å². The largest absolute Gasteiger partial charge is 0.461 e. The van der Waals surface area contributed by atoms with E-state index in [9.17, 15) is 4.79 Å². The minimum atomic E-state index is -0.398. The van der Waals surface area contributed by atoms with Crippen LogP contribution in [0.2, 0.25) is 0 Å². The van der Waals surface area contributed by atoms with Crippen LogP contribution in [0.25, 0.3) is 11.5 Å². The number of nitrogens with one attached hydrogen (secondary N) is 1. The van der Waals surface area contributed by atoms with E-state index in [1.807, 2.05) is 28.2 Å². The number of carbonyl (C=O) groups is 1. The van der Waals surface area contributed by atoms with Gasteiger partial charge in [0.05, 0.1) is 12.8 Å². The number of amides is 1. The molecule has 3 heterocycles. The Morgan fingerprint density at radius 1 is 1.08 bits per heavy atom. The highest BCUT2D eigenvalue weighted by Gasteiger charge is 2.16. The van der Waals surface area contributed by atoms with Gasteiger partial charge < -0.3 is 24.1 Å². The molecular formula is C16H19N7O3. The Kier molecular flexibility index (Phi) is 4.83. The lowest BCUT2D eigenvalue weighted by Gasteiger charge is -2.16. The zero-order valence-corrected chi connectivity index (χ0v) is 14.9. The van der Waals surface area contributed by atoms with Gasteiger partial charge in [0.25, 0.3) is 5.91 Å². The fraction of sp³-hybridized carbons (Fsp3) is 0.312. The average Bonchev–Trinajstić information content (AvgIpc) is 3.30. The molecule has 0 aliphatic carbocycles. The monoisotopic (exact) mass is 357 g/mol. The van der Waals surface area contributed by atoms with E-state index in [-0.39, 0.29) is 12.2 Å². The number of hydrogen-bond acceptors (Lipinski definition) is 9. The predicted molar refractivity (Wildman–Crippen MR) is 93.9 cm³/mol. The Morgan fingerprint density at radius 3 is 2.35 bits per heavy atom. The number of hydrogen-bond donors (Lipinski definition) is 1. The van der Waals surface area contributed by atoms with E-state index in [1.165, 1.54) is 12.3 Å². The molecule has 0 atom stereocenters. The summed E-state index contributed by atoms with van der Waals surface area (Å²) in [5.74, 6) is 1.94. The van der Waals surface area contributed by atoms with Crippen LogP contribution in [0.3, 0.4) is 0 Å². The number of nitrogens with zero attached hydrogens (tertiary/aromatic N) is 6. The summed E-state index contributed by atoms with van der Waals surface area (Å²) in [7, 11) is 7.34. The molecule has 1 amide bonds. The summed E-state index contributed by atoms with van der Waals surface area (Å²) in [4.78, 5) is 28.8. The number of aromatic nitrogens is 4. The van der Waals surface area contributed by atoms with Gasteiger partial charge in [-0.05, 0) is 12.1 Å². The molecule has 3 aromatic heterocycles. The molecule has 0 radical (unpaired) electrons. The van der Waals surface area contributed by atoms with Crippen LogP contribution in [-0.4, -0.2) is 54.2 Å². The molecule has 10 heteroatoms. The summed E-state index contributed by atoms with van der Waals surface area (Å²) >= 11 is 0. The number of carbonyl (C=O) groups excluding carboxylic acids is 1. The normalized spacial score (nSPS) is 10.6. The van der Waals surface area contributed by atoms with Gasteiger partial charge in [0.1, 0.15) is 0 Å². The second-order valence-corrected chi connectivity index (χ2v) is 5.88. The molecule has 0 fully saturated rings. The summed E-state index contributed by atoms with van der Waals surface area (Å²) in [6.07, 6.45) is 1.52. The fourth-order valence-electron chi connectivity index (χ4n) is 2.04. The first-order valence-corrected chi connectivity index (χ1v) is 7.82. The van der Waals surface area contributed by atoms with Crippen molar-refractivity contribution < 1.29 is 13.7 Å². The van der Waals surface area contributed by atoms with Crippen LogP contribution >= 0.6 is 0 Å². The molecule has 0 saturated heterocycles. The molecule has 136 valence electrons. The molecular weight excluding hydrogens is 338 g/mol. The van der Waals surface area contributed by atoms with Crippen molar-refractivity contribution in [3.05, 3.63) is 36.0 Å². The smallest absolute Gasteiger partial charge is 0.273 e. The Labute approximate surface area is 149 Å². The molecule has 3 rings (SSSR count). The van der Waals surface area contributed by atoms with Crippen LogP contribution in [0.15, 0.2) is 33.4 Å². The van der Waals surface area contributed by atoms with Gasteiger partial charge in [0.15, 0.2) is 17.3 Å². The van der Waals surface area contributed by atoms with E-state index >= 15 is 0 Å². The molecule has 0 aromatic carbocycles. The maximum atomic E-state index is 12.3. The molecule has 10 nitrogen and oxygen atoms in total. The molecule has 0 aliphatic heterocycles. The Bertz CT molecular complexity index is 861. The average molecular weight is 357 g/mol. The lowest BCUT2D eigenvalue weighted by atomic mass is 10.3. The van der Waals surface area contributed by atoms with Crippen molar-refractivity contribution in [2.45, 2.75) is 6.54 Å². The van der Waals surface area contributed by atoms with Gasteiger partial charge in [-0.2, -0.15) is 15.0 Å². The third-order valence-electron chi connectivity index (χ3n) is 3.37. The van der Waals surface area contributed by atoms with Gasteiger partial charge in [0, 0.05) is 34.3 Å². The van der Waals surface area contributed by atoms with E-state index in [4.69, 9.17) is 8.94 Å². The zero-order valence-electron chi connectivity index (χ0n) is 14.9. The summed E-state index contributed by atoms with van der Waals surface area (Å²) < 4.78 is 10.3. The third kappa shape index (κ3) is 3.79. The molecule has 0 aliphatic rings. The van der Waals surface area contributed by atoms with Crippen LogP contribution in [0.5, 0.6) is 0 Å². The summed E-state index contributed by atoms with van der Waals surface area (Å²) in [5.41, 5.74) is 0.145. The maximum Gasteiger partial charge on any atom is 0.273 e. The maximum absolute atomic E-state index is 12.3. The van der Waals surface area contributed by atoms with Crippen LogP contribution < -0.4 is 15.1 Å². The number of furan rings is 1. The lowest BCUT2D eigenvalue weighted by molar-refractivity contribution is 0.0941. The highest BCUT2D eigenvalue weighted by atomic mass is 16.5.